The molecular weight excluding hydrogens is 346 g/mol. The number of imidazole rings is 2. The topological polar surface area (TPSA) is 120 Å². The normalized spacial score (nSPS) is 11.5. The molecule has 0 fully saturated rings. The first-order chi connectivity index (χ1) is 13.0. The van der Waals surface area contributed by atoms with Gasteiger partial charge >= 0.3 is 0 Å². The number of nitrogens with zero attached hydrogens (tertiary/aromatic N) is 3. The smallest absolute Gasteiger partial charge is 0.240 e. The predicted octanol–water partition coefficient (Wildman–Crippen LogP) is 3.38. The number of H-pyrrole nitrogens is 2. The van der Waals surface area contributed by atoms with Crippen molar-refractivity contribution in [1.82, 2.24) is 24.5 Å². The first-order valence-corrected chi connectivity index (χ1v) is 8.59. The zero-order valence-electron chi connectivity index (χ0n) is 14.9. The second kappa shape index (κ2) is 6.31. The number of nitrogens with one attached hydrogen (secondary N) is 2. The maximum absolute atomic E-state index is 12.8. The van der Waals surface area contributed by atoms with Crippen molar-refractivity contribution < 1.29 is 15.0 Å². The number of carbonyl (C=O) groups excluding carboxylic acids is 1. The monoisotopic (exact) mass is 365 g/mol. The summed E-state index contributed by atoms with van der Waals surface area (Å²) >= 11 is 0. The molecule has 1 aromatic carbocycles. The van der Waals surface area contributed by atoms with Crippen LogP contribution in [0.1, 0.15) is 30.6 Å². The second-order valence-corrected chi connectivity index (χ2v) is 6.82. The number of hydrogen-bond donors (Lipinski definition) is 4. The summed E-state index contributed by atoms with van der Waals surface area (Å²) in [4.78, 5) is 27.0. The highest BCUT2D eigenvalue weighted by molar-refractivity contribution is 6.05. The molecule has 0 amide bonds. The number of rotatable bonds is 5. The molecule has 0 aliphatic carbocycles. The van der Waals surface area contributed by atoms with Crippen LogP contribution in [0, 0.1) is 5.92 Å². The Labute approximate surface area is 154 Å². The lowest BCUT2D eigenvalue weighted by molar-refractivity contribution is 0.0966. The van der Waals surface area contributed by atoms with E-state index in [0.717, 1.165) is 11.0 Å². The van der Waals surface area contributed by atoms with E-state index in [1.807, 2.05) is 13.8 Å². The molecule has 0 aliphatic heterocycles. The average Bonchev–Trinajstić information content (AvgIpc) is 3.34. The first-order valence-electron chi connectivity index (χ1n) is 8.59. The van der Waals surface area contributed by atoms with E-state index in [-0.39, 0.29) is 23.7 Å². The lowest BCUT2D eigenvalue weighted by Crippen LogP contribution is -2.06. The Morgan fingerprint density at radius 1 is 1.22 bits per heavy atom. The summed E-state index contributed by atoms with van der Waals surface area (Å²) < 4.78 is 1.44. The standard InChI is InChI=1S/C19H19N5O3/c1-10(2)5-15(25)16-17(14-7-20-8-21-14)24(19(27)18(16)26)11-3-4-12-13(6-11)23-9-22-12/h3-4,6-10,26-27H,5H2,1-2H3,(H,20,21)(H,22,23). The third-order valence-corrected chi connectivity index (χ3v) is 4.41. The Bertz CT molecular complexity index is 1120. The minimum absolute atomic E-state index is 0.0788. The van der Waals surface area contributed by atoms with Crippen LogP contribution in [-0.2, 0) is 0 Å². The van der Waals surface area contributed by atoms with Gasteiger partial charge < -0.3 is 20.2 Å². The Kier molecular flexibility index (Phi) is 3.95. The number of fused-ring (bicyclic) bond motifs is 1. The van der Waals surface area contributed by atoms with Gasteiger partial charge in [-0.05, 0) is 24.1 Å². The highest BCUT2D eigenvalue weighted by Crippen LogP contribution is 2.43. The number of aromatic hydroxyl groups is 2. The van der Waals surface area contributed by atoms with Crippen LogP contribution in [0.25, 0.3) is 28.1 Å². The summed E-state index contributed by atoms with van der Waals surface area (Å²) in [6.07, 6.45) is 4.85. The lowest BCUT2D eigenvalue weighted by Gasteiger charge is -2.11. The van der Waals surface area contributed by atoms with Crippen LogP contribution in [0.15, 0.2) is 37.1 Å². The van der Waals surface area contributed by atoms with Gasteiger partial charge in [0.2, 0.25) is 5.88 Å². The van der Waals surface area contributed by atoms with Gasteiger partial charge in [0, 0.05) is 6.42 Å². The molecule has 0 atom stereocenters. The summed E-state index contributed by atoms with van der Waals surface area (Å²) in [5, 5.41) is 21.2. The molecule has 8 nitrogen and oxygen atoms in total. The fraction of sp³-hybridized carbons (Fsp3) is 0.211. The molecule has 4 rings (SSSR count). The molecule has 3 heterocycles. The first kappa shape index (κ1) is 16.9. The quantitative estimate of drug-likeness (QED) is 0.404. The molecule has 0 unspecified atom stereocenters. The van der Waals surface area contributed by atoms with Gasteiger partial charge in [0.25, 0.3) is 0 Å². The number of Topliss-reactive ketones (excluding diaryl/α,β-unsaturated/α-hetero) is 1. The molecule has 8 heteroatoms. The van der Waals surface area contributed by atoms with E-state index in [1.54, 1.807) is 30.7 Å². The summed E-state index contributed by atoms with van der Waals surface area (Å²) in [5.41, 5.74) is 3.08. The number of carbonyl (C=O) groups is 1. The minimum atomic E-state index is -0.435. The highest BCUT2D eigenvalue weighted by Gasteiger charge is 2.30. The van der Waals surface area contributed by atoms with Crippen LogP contribution in [0.5, 0.6) is 11.6 Å². The van der Waals surface area contributed by atoms with Crippen molar-refractivity contribution in [2.75, 3.05) is 0 Å². The van der Waals surface area contributed by atoms with Gasteiger partial charge in [-0.1, -0.05) is 13.8 Å². The zero-order valence-corrected chi connectivity index (χ0v) is 14.9. The molecule has 0 aliphatic rings. The Morgan fingerprint density at radius 3 is 2.74 bits per heavy atom. The maximum atomic E-state index is 12.8. The van der Waals surface area contributed by atoms with Crippen LogP contribution in [0.3, 0.4) is 0 Å². The van der Waals surface area contributed by atoms with Crippen LogP contribution < -0.4 is 0 Å². The van der Waals surface area contributed by atoms with E-state index < -0.39 is 11.6 Å². The molecule has 4 aromatic rings. The highest BCUT2D eigenvalue weighted by atomic mass is 16.3. The average molecular weight is 365 g/mol. The van der Waals surface area contributed by atoms with Crippen molar-refractivity contribution in [3.05, 3.63) is 42.6 Å². The molecule has 0 saturated carbocycles. The SMILES string of the molecule is CC(C)CC(=O)c1c(O)c(O)n(-c2ccc3nc[nH]c3c2)c1-c1cnc[nH]1. The molecule has 27 heavy (non-hydrogen) atoms. The van der Waals surface area contributed by atoms with Gasteiger partial charge in [-0.15, -0.1) is 0 Å². The molecule has 138 valence electrons. The molecule has 0 radical (unpaired) electrons. The number of ketones is 1. The summed E-state index contributed by atoms with van der Waals surface area (Å²) in [5.74, 6) is -0.970. The van der Waals surface area contributed by atoms with Crippen molar-refractivity contribution in [3.8, 4) is 28.7 Å². The molecule has 0 bridgehead atoms. The van der Waals surface area contributed by atoms with Crippen molar-refractivity contribution in [2.45, 2.75) is 20.3 Å². The van der Waals surface area contributed by atoms with Crippen molar-refractivity contribution in [2.24, 2.45) is 5.92 Å². The minimum Gasteiger partial charge on any atom is -0.503 e. The Hall–Kier alpha value is -3.55. The van der Waals surface area contributed by atoms with E-state index in [9.17, 15) is 15.0 Å². The van der Waals surface area contributed by atoms with Crippen molar-refractivity contribution >= 4 is 16.8 Å². The zero-order chi connectivity index (χ0) is 19.1. The van der Waals surface area contributed by atoms with E-state index >= 15 is 0 Å². The summed E-state index contributed by atoms with van der Waals surface area (Å²) in [7, 11) is 0. The number of aromatic nitrogens is 5. The van der Waals surface area contributed by atoms with Gasteiger partial charge in [-0.25, -0.2) is 9.97 Å². The number of aromatic amines is 2. The van der Waals surface area contributed by atoms with E-state index in [2.05, 4.69) is 19.9 Å². The molecule has 0 saturated heterocycles. The van der Waals surface area contributed by atoms with E-state index in [4.69, 9.17) is 0 Å². The fourth-order valence-corrected chi connectivity index (χ4v) is 3.24. The van der Waals surface area contributed by atoms with E-state index in [0.29, 0.717) is 17.1 Å². The number of benzene rings is 1. The van der Waals surface area contributed by atoms with E-state index in [1.165, 1.54) is 10.9 Å². The molecule has 0 spiro atoms. The summed E-state index contributed by atoms with van der Waals surface area (Å²) in [6.45, 7) is 3.85. The van der Waals surface area contributed by atoms with Crippen LogP contribution in [0.4, 0.5) is 0 Å². The lowest BCUT2D eigenvalue weighted by atomic mass is 10.00. The Balaban J connectivity index is 1.99. The van der Waals surface area contributed by atoms with Gasteiger partial charge in [0.1, 0.15) is 0 Å². The molecular formula is C19H19N5O3. The van der Waals surface area contributed by atoms with Gasteiger partial charge in [-0.2, -0.15) is 0 Å². The van der Waals surface area contributed by atoms with Crippen molar-refractivity contribution in [3.63, 3.8) is 0 Å². The maximum Gasteiger partial charge on any atom is 0.240 e. The van der Waals surface area contributed by atoms with Gasteiger partial charge in [-0.3, -0.25) is 9.36 Å². The predicted molar refractivity (Wildman–Crippen MR) is 100 cm³/mol. The van der Waals surface area contributed by atoms with Gasteiger partial charge in [0.05, 0.1) is 52.5 Å². The van der Waals surface area contributed by atoms with Gasteiger partial charge in [0.15, 0.2) is 11.5 Å². The molecule has 4 N–H and O–H groups in total. The van der Waals surface area contributed by atoms with Crippen molar-refractivity contribution in [1.29, 1.82) is 0 Å². The third kappa shape index (κ3) is 2.75. The molecule has 3 aromatic heterocycles. The Morgan fingerprint density at radius 2 is 2.04 bits per heavy atom. The fourth-order valence-electron chi connectivity index (χ4n) is 3.24. The largest absolute Gasteiger partial charge is 0.503 e. The third-order valence-electron chi connectivity index (χ3n) is 4.41. The van der Waals surface area contributed by atoms with Crippen LogP contribution >= 0.6 is 0 Å². The van der Waals surface area contributed by atoms with Crippen LogP contribution in [-0.4, -0.2) is 40.5 Å². The summed E-state index contributed by atoms with van der Waals surface area (Å²) in [6, 6.07) is 5.35. The second-order valence-electron chi connectivity index (χ2n) is 6.82. The van der Waals surface area contributed by atoms with Crippen LogP contribution in [0.2, 0.25) is 0 Å². The number of hydrogen-bond acceptors (Lipinski definition) is 5.